The van der Waals surface area contributed by atoms with Crippen LogP contribution in [0.1, 0.15) is 18.9 Å². The third-order valence-corrected chi connectivity index (χ3v) is 4.82. The first-order chi connectivity index (χ1) is 11.2. The molecule has 0 radical (unpaired) electrons. The first-order valence-corrected chi connectivity index (χ1v) is 8.63. The molecule has 23 heavy (non-hydrogen) atoms. The van der Waals surface area contributed by atoms with Gasteiger partial charge in [-0.15, -0.1) is 0 Å². The smallest absolute Gasteiger partial charge is 0.232 e. The van der Waals surface area contributed by atoms with Gasteiger partial charge in [-0.05, 0) is 41.4 Å². The zero-order valence-corrected chi connectivity index (χ0v) is 13.8. The summed E-state index contributed by atoms with van der Waals surface area (Å²) in [5.41, 5.74) is 1.86. The van der Waals surface area contributed by atoms with E-state index in [4.69, 9.17) is 0 Å². The Hall–Kier alpha value is -2.21. The van der Waals surface area contributed by atoms with Crippen LogP contribution in [0.5, 0.6) is 0 Å². The molecule has 0 saturated carbocycles. The molecule has 0 aliphatic carbocycles. The quantitative estimate of drug-likeness (QED) is 0.847. The number of anilines is 1. The van der Waals surface area contributed by atoms with Crippen LogP contribution in [-0.4, -0.2) is 34.8 Å². The van der Waals surface area contributed by atoms with Crippen LogP contribution >= 0.6 is 11.3 Å². The highest BCUT2D eigenvalue weighted by Gasteiger charge is 2.36. The number of nitrogens with zero attached hydrogens (tertiary/aromatic N) is 3. The number of carbonyl (C=O) groups excluding carboxylic acids is 2. The van der Waals surface area contributed by atoms with E-state index in [-0.39, 0.29) is 17.7 Å². The molecule has 3 heterocycles. The zero-order valence-electron chi connectivity index (χ0n) is 13.0. The Morgan fingerprint density at radius 1 is 1.48 bits per heavy atom. The lowest BCUT2D eigenvalue weighted by molar-refractivity contribution is -0.128. The average Bonchev–Trinajstić information content (AvgIpc) is 3.22. The van der Waals surface area contributed by atoms with E-state index in [1.54, 1.807) is 33.5 Å². The molecule has 5 nitrogen and oxygen atoms in total. The third-order valence-electron chi connectivity index (χ3n) is 4.09. The Morgan fingerprint density at radius 3 is 2.96 bits per heavy atom. The van der Waals surface area contributed by atoms with Gasteiger partial charge in [-0.2, -0.15) is 11.3 Å². The molecule has 0 aromatic carbocycles. The Labute approximate surface area is 139 Å². The second-order valence-corrected chi connectivity index (χ2v) is 6.38. The van der Waals surface area contributed by atoms with E-state index < -0.39 is 0 Å². The van der Waals surface area contributed by atoms with Crippen LogP contribution in [0.25, 0.3) is 0 Å². The number of hydrogen-bond donors (Lipinski definition) is 0. The maximum atomic E-state index is 13.0. The summed E-state index contributed by atoms with van der Waals surface area (Å²) in [6, 6.07) is 5.71. The molecule has 0 bridgehead atoms. The summed E-state index contributed by atoms with van der Waals surface area (Å²) >= 11 is 1.61. The molecule has 2 amide bonds. The van der Waals surface area contributed by atoms with Crippen LogP contribution in [0, 0.1) is 5.92 Å². The number of rotatable bonds is 5. The SMILES string of the molecule is CCN1CC(C(=O)N(Cc2ccsc2)c2cccnc2)CC1=O. The fraction of sp³-hybridized carbons (Fsp3) is 0.353. The van der Waals surface area contributed by atoms with Gasteiger partial charge in [0.1, 0.15) is 0 Å². The molecule has 1 fully saturated rings. The van der Waals surface area contributed by atoms with Crippen molar-refractivity contribution >= 4 is 28.8 Å². The number of aromatic nitrogens is 1. The van der Waals surface area contributed by atoms with E-state index in [0.29, 0.717) is 26.1 Å². The summed E-state index contributed by atoms with van der Waals surface area (Å²) in [6.45, 7) is 3.61. The van der Waals surface area contributed by atoms with Crippen molar-refractivity contribution in [3.63, 3.8) is 0 Å². The maximum absolute atomic E-state index is 13.0. The van der Waals surface area contributed by atoms with Crippen molar-refractivity contribution in [2.45, 2.75) is 19.9 Å². The van der Waals surface area contributed by atoms with Gasteiger partial charge in [0.15, 0.2) is 0 Å². The predicted octanol–water partition coefficient (Wildman–Crippen LogP) is 2.54. The molecule has 2 aromatic heterocycles. The van der Waals surface area contributed by atoms with Gasteiger partial charge in [0.25, 0.3) is 0 Å². The van der Waals surface area contributed by atoms with Crippen molar-refractivity contribution in [1.29, 1.82) is 0 Å². The minimum atomic E-state index is -0.277. The molecule has 2 aromatic rings. The van der Waals surface area contributed by atoms with Gasteiger partial charge in [-0.25, -0.2) is 0 Å². The fourth-order valence-corrected chi connectivity index (χ4v) is 3.50. The Kier molecular flexibility index (Phi) is 4.71. The van der Waals surface area contributed by atoms with Crippen molar-refractivity contribution in [3.05, 3.63) is 46.9 Å². The number of pyridine rings is 1. The molecule has 1 atom stereocenters. The molecular weight excluding hydrogens is 310 g/mol. The monoisotopic (exact) mass is 329 g/mol. The second-order valence-electron chi connectivity index (χ2n) is 5.60. The van der Waals surface area contributed by atoms with Crippen LogP contribution in [-0.2, 0) is 16.1 Å². The summed E-state index contributed by atoms with van der Waals surface area (Å²) in [7, 11) is 0. The van der Waals surface area contributed by atoms with Gasteiger partial charge >= 0.3 is 0 Å². The van der Waals surface area contributed by atoms with Crippen molar-refractivity contribution in [2.75, 3.05) is 18.0 Å². The molecule has 120 valence electrons. The summed E-state index contributed by atoms with van der Waals surface area (Å²) in [5.74, 6) is -0.220. The highest BCUT2D eigenvalue weighted by Crippen LogP contribution is 2.25. The van der Waals surface area contributed by atoms with Crippen LogP contribution < -0.4 is 4.90 Å². The van der Waals surface area contributed by atoms with E-state index in [0.717, 1.165) is 11.3 Å². The van der Waals surface area contributed by atoms with Crippen LogP contribution in [0.15, 0.2) is 41.4 Å². The van der Waals surface area contributed by atoms with Gasteiger partial charge in [-0.3, -0.25) is 14.6 Å². The highest BCUT2D eigenvalue weighted by atomic mass is 32.1. The van der Waals surface area contributed by atoms with Gasteiger partial charge in [0.2, 0.25) is 11.8 Å². The summed E-state index contributed by atoms with van der Waals surface area (Å²) in [5, 5.41) is 4.04. The number of amides is 2. The van der Waals surface area contributed by atoms with Crippen LogP contribution in [0.3, 0.4) is 0 Å². The molecular formula is C17H19N3O2S. The molecule has 0 N–H and O–H groups in total. The number of carbonyl (C=O) groups is 2. The highest BCUT2D eigenvalue weighted by molar-refractivity contribution is 7.07. The first-order valence-electron chi connectivity index (χ1n) is 7.69. The molecule has 0 spiro atoms. The summed E-state index contributed by atoms with van der Waals surface area (Å²) < 4.78 is 0. The molecule has 1 aliphatic heterocycles. The Bertz CT molecular complexity index is 672. The number of thiophene rings is 1. The number of hydrogen-bond acceptors (Lipinski definition) is 4. The van der Waals surface area contributed by atoms with E-state index in [9.17, 15) is 9.59 Å². The van der Waals surface area contributed by atoms with Crippen molar-refractivity contribution < 1.29 is 9.59 Å². The standard InChI is InChI=1S/C17H19N3O2S/c1-2-19-11-14(8-16(19)21)17(22)20(10-13-5-7-23-12-13)15-4-3-6-18-9-15/h3-7,9,12,14H,2,8,10-11H2,1H3. The average molecular weight is 329 g/mol. The minimum absolute atomic E-state index is 0.00602. The summed E-state index contributed by atoms with van der Waals surface area (Å²) in [6.07, 6.45) is 3.68. The normalized spacial score (nSPS) is 17.5. The van der Waals surface area contributed by atoms with E-state index in [1.165, 1.54) is 0 Å². The molecule has 1 unspecified atom stereocenters. The fourth-order valence-electron chi connectivity index (χ4n) is 2.84. The van der Waals surface area contributed by atoms with E-state index in [2.05, 4.69) is 4.98 Å². The topological polar surface area (TPSA) is 53.5 Å². The van der Waals surface area contributed by atoms with Crippen molar-refractivity contribution in [2.24, 2.45) is 5.92 Å². The van der Waals surface area contributed by atoms with Gasteiger partial charge in [0.05, 0.1) is 24.3 Å². The van der Waals surface area contributed by atoms with Crippen molar-refractivity contribution in [1.82, 2.24) is 9.88 Å². The van der Waals surface area contributed by atoms with E-state index in [1.807, 2.05) is 35.9 Å². The molecule has 6 heteroatoms. The van der Waals surface area contributed by atoms with E-state index >= 15 is 0 Å². The second kappa shape index (κ2) is 6.91. The van der Waals surface area contributed by atoms with Gasteiger partial charge < -0.3 is 9.80 Å². The largest absolute Gasteiger partial charge is 0.342 e. The third kappa shape index (κ3) is 3.42. The first kappa shape index (κ1) is 15.7. The predicted molar refractivity (Wildman–Crippen MR) is 90.1 cm³/mol. The molecule has 3 rings (SSSR count). The van der Waals surface area contributed by atoms with Crippen molar-refractivity contribution in [3.8, 4) is 0 Å². The lowest BCUT2D eigenvalue weighted by atomic mass is 10.1. The van der Waals surface area contributed by atoms with Crippen LogP contribution in [0.2, 0.25) is 0 Å². The van der Waals surface area contributed by atoms with Gasteiger partial charge in [0, 0.05) is 25.7 Å². The maximum Gasteiger partial charge on any atom is 0.232 e. The molecule has 1 aliphatic rings. The van der Waals surface area contributed by atoms with Gasteiger partial charge in [-0.1, -0.05) is 0 Å². The zero-order chi connectivity index (χ0) is 16.2. The number of likely N-dealkylation sites (tertiary alicyclic amines) is 1. The Balaban J connectivity index is 1.83. The summed E-state index contributed by atoms with van der Waals surface area (Å²) in [4.78, 5) is 32.6. The Morgan fingerprint density at radius 2 is 2.35 bits per heavy atom. The lowest BCUT2D eigenvalue weighted by Gasteiger charge is -2.25. The minimum Gasteiger partial charge on any atom is -0.342 e. The lowest BCUT2D eigenvalue weighted by Crippen LogP contribution is -2.37. The van der Waals surface area contributed by atoms with Crippen LogP contribution in [0.4, 0.5) is 5.69 Å². The molecule has 1 saturated heterocycles.